The van der Waals surface area contributed by atoms with E-state index in [1.165, 1.54) is 24.7 Å². The van der Waals surface area contributed by atoms with E-state index < -0.39 is 0 Å². The lowest BCUT2D eigenvalue weighted by atomic mass is 9.99. The lowest BCUT2D eigenvalue weighted by molar-refractivity contribution is 0.102. The van der Waals surface area contributed by atoms with Crippen LogP contribution in [0, 0.1) is 5.92 Å². The molecule has 3 aromatic rings. The minimum Gasteiger partial charge on any atom is -0.372 e. The number of nitrogens with zero attached hydrogens (tertiary/aromatic N) is 4. The van der Waals surface area contributed by atoms with Gasteiger partial charge in [0.05, 0.1) is 5.56 Å². The van der Waals surface area contributed by atoms with Crippen LogP contribution in [0.1, 0.15) is 30.1 Å². The number of benzene rings is 1. The van der Waals surface area contributed by atoms with Crippen molar-refractivity contribution in [2.24, 2.45) is 5.92 Å². The van der Waals surface area contributed by atoms with Crippen LogP contribution in [0.25, 0.3) is 0 Å². The Morgan fingerprint density at radius 1 is 1.00 bits per heavy atom. The second kappa shape index (κ2) is 8.68. The first kappa shape index (κ1) is 18.9. The molecule has 2 N–H and O–H groups in total. The third-order valence-electron chi connectivity index (χ3n) is 5.12. The van der Waals surface area contributed by atoms with Gasteiger partial charge in [0, 0.05) is 36.9 Å². The molecule has 1 aliphatic rings. The van der Waals surface area contributed by atoms with Crippen molar-refractivity contribution < 1.29 is 4.79 Å². The number of nitrogens with one attached hydrogen (secondary N) is 2. The molecule has 1 amide bonds. The van der Waals surface area contributed by atoms with E-state index in [4.69, 9.17) is 0 Å². The Bertz CT molecular complexity index is 935. The van der Waals surface area contributed by atoms with E-state index in [0.717, 1.165) is 24.7 Å². The number of aromatic nitrogens is 3. The molecular weight excluding hydrogens is 364 g/mol. The molecule has 4 rings (SSSR count). The molecule has 2 aromatic heterocycles. The van der Waals surface area contributed by atoms with Gasteiger partial charge < -0.3 is 15.5 Å². The second-order valence-electron chi connectivity index (χ2n) is 7.34. The van der Waals surface area contributed by atoms with Crippen LogP contribution in [-0.2, 0) is 0 Å². The Hall–Kier alpha value is -3.48. The van der Waals surface area contributed by atoms with E-state index in [-0.39, 0.29) is 5.91 Å². The molecule has 0 atom stereocenters. The molecule has 1 aromatic carbocycles. The molecule has 0 aliphatic carbocycles. The molecular formula is C22H24N6O. The number of hydrogen-bond donors (Lipinski definition) is 2. The Labute approximate surface area is 170 Å². The first-order valence-electron chi connectivity index (χ1n) is 9.84. The predicted molar refractivity (Wildman–Crippen MR) is 115 cm³/mol. The smallest absolute Gasteiger partial charge is 0.258 e. The van der Waals surface area contributed by atoms with Gasteiger partial charge in [0.15, 0.2) is 11.6 Å². The monoisotopic (exact) mass is 388 g/mol. The minimum absolute atomic E-state index is 0.268. The van der Waals surface area contributed by atoms with Gasteiger partial charge in [-0.2, -0.15) is 0 Å². The van der Waals surface area contributed by atoms with E-state index >= 15 is 0 Å². The van der Waals surface area contributed by atoms with Crippen molar-refractivity contribution in [1.82, 2.24) is 15.2 Å². The van der Waals surface area contributed by atoms with Crippen molar-refractivity contribution in [1.29, 1.82) is 0 Å². The Kier molecular flexibility index (Phi) is 5.65. The van der Waals surface area contributed by atoms with Gasteiger partial charge in [-0.3, -0.25) is 9.78 Å². The van der Waals surface area contributed by atoms with Crippen LogP contribution in [0.3, 0.4) is 0 Å². The van der Waals surface area contributed by atoms with Gasteiger partial charge in [0.1, 0.15) is 0 Å². The van der Waals surface area contributed by atoms with Crippen LogP contribution >= 0.6 is 0 Å². The highest BCUT2D eigenvalue weighted by Crippen LogP contribution is 2.25. The number of pyridine rings is 1. The van der Waals surface area contributed by atoms with E-state index in [0.29, 0.717) is 17.2 Å². The average molecular weight is 388 g/mol. The maximum absolute atomic E-state index is 12.1. The Balaban J connectivity index is 1.34. The van der Waals surface area contributed by atoms with Gasteiger partial charge in [-0.25, -0.2) is 0 Å². The van der Waals surface area contributed by atoms with Gasteiger partial charge >= 0.3 is 0 Å². The molecule has 1 aliphatic heterocycles. The van der Waals surface area contributed by atoms with Crippen molar-refractivity contribution in [3.8, 4) is 0 Å². The average Bonchev–Trinajstić information content (AvgIpc) is 2.77. The Morgan fingerprint density at radius 2 is 1.72 bits per heavy atom. The number of carbonyl (C=O) groups is 1. The SMILES string of the molecule is CC1CCN(c2ccc(Nc3ccc(NC(=O)c4cccnc4)nn3)cc2)CC1. The number of amides is 1. The van der Waals surface area contributed by atoms with Crippen LogP contribution in [-0.4, -0.2) is 34.2 Å². The normalized spacial score (nSPS) is 14.4. The quantitative estimate of drug-likeness (QED) is 0.685. The molecule has 0 radical (unpaired) electrons. The molecule has 0 spiro atoms. The van der Waals surface area contributed by atoms with Crippen molar-refractivity contribution in [3.05, 3.63) is 66.5 Å². The molecule has 7 nitrogen and oxygen atoms in total. The molecule has 3 heterocycles. The summed E-state index contributed by atoms with van der Waals surface area (Å²) in [5.74, 6) is 1.56. The summed E-state index contributed by atoms with van der Waals surface area (Å²) in [5.41, 5.74) is 2.67. The van der Waals surface area contributed by atoms with Crippen molar-refractivity contribution >= 4 is 28.9 Å². The lowest BCUT2D eigenvalue weighted by Gasteiger charge is -2.32. The van der Waals surface area contributed by atoms with Crippen molar-refractivity contribution in [2.75, 3.05) is 28.6 Å². The zero-order valence-corrected chi connectivity index (χ0v) is 16.4. The zero-order valence-electron chi connectivity index (χ0n) is 16.4. The topological polar surface area (TPSA) is 83.0 Å². The van der Waals surface area contributed by atoms with Crippen LogP contribution < -0.4 is 15.5 Å². The zero-order chi connectivity index (χ0) is 20.1. The third-order valence-corrected chi connectivity index (χ3v) is 5.12. The summed E-state index contributed by atoms with van der Waals surface area (Å²) in [6.45, 7) is 4.55. The maximum atomic E-state index is 12.1. The highest BCUT2D eigenvalue weighted by atomic mass is 16.1. The molecule has 29 heavy (non-hydrogen) atoms. The summed E-state index contributed by atoms with van der Waals surface area (Å²) in [5, 5.41) is 14.2. The van der Waals surface area contributed by atoms with Crippen molar-refractivity contribution in [3.63, 3.8) is 0 Å². The highest BCUT2D eigenvalue weighted by molar-refractivity contribution is 6.03. The molecule has 0 saturated carbocycles. The largest absolute Gasteiger partial charge is 0.372 e. The standard InChI is InChI=1S/C22H24N6O/c1-16-10-13-28(14-11-16)19-6-4-18(5-7-19)24-20-8-9-21(27-26-20)25-22(29)17-3-2-12-23-15-17/h2-9,12,15-16H,10-11,13-14H2,1H3,(H,24,26)(H,25,27,29). The summed E-state index contributed by atoms with van der Waals surface area (Å²) < 4.78 is 0. The molecule has 0 unspecified atom stereocenters. The predicted octanol–water partition coefficient (Wildman–Crippen LogP) is 4.10. The van der Waals surface area contributed by atoms with Gasteiger partial charge in [-0.05, 0) is 67.3 Å². The number of anilines is 4. The molecule has 1 fully saturated rings. The first-order valence-corrected chi connectivity index (χ1v) is 9.84. The minimum atomic E-state index is -0.268. The number of rotatable bonds is 5. The summed E-state index contributed by atoms with van der Waals surface area (Å²) in [7, 11) is 0. The van der Waals surface area contributed by atoms with Crippen LogP contribution in [0.5, 0.6) is 0 Å². The second-order valence-corrected chi connectivity index (χ2v) is 7.34. The fourth-order valence-corrected chi connectivity index (χ4v) is 3.32. The summed E-state index contributed by atoms with van der Waals surface area (Å²) in [6.07, 6.45) is 5.63. The first-order chi connectivity index (χ1) is 14.2. The van der Waals surface area contributed by atoms with Gasteiger partial charge in [0.2, 0.25) is 0 Å². The molecule has 0 bridgehead atoms. The maximum Gasteiger partial charge on any atom is 0.258 e. The van der Waals surface area contributed by atoms with E-state index in [9.17, 15) is 4.79 Å². The number of hydrogen-bond acceptors (Lipinski definition) is 6. The lowest BCUT2D eigenvalue weighted by Crippen LogP contribution is -2.32. The number of piperidine rings is 1. The summed E-state index contributed by atoms with van der Waals surface area (Å²) >= 11 is 0. The summed E-state index contributed by atoms with van der Waals surface area (Å²) in [6, 6.07) is 15.3. The number of carbonyl (C=O) groups excluding carboxylic acids is 1. The Morgan fingerprint density at radius 3 is 2.38 bits per heavy atom. The van der Waals surface area contributed by atoms with Gasteiger partial charge in [-0.15, -0.1) is 10.2 Å². The molecule has 148 valence electrons. The van der Waals surface area contributed by atoms with Gasteiger partial charge in [0.25, 0.3) is 5.91 Å². The van der Waals surface area contributed by atoms with Crippen LogP contribution in [0.4, 0.5) is 23.0 Å². The third kappa shape index (κ3) is 4.87. The molecule has 7 heteroatoms. The fourth-order valence-electron chi connectivity index (χ4n) is 3.32. The van der Waals surface area contributed by atoms with E-state index in [2.05, 4.69) is 49.8 Å². The van der Waals surface area contributed by atoms with Gasteiger partial charge in [-0.1, -0.05) is 6.92 Å². The van der Waals surface area contributed by atoms with Crippen LogP contribution in [0.2, 0.25) is 0 Å². The summed E-state index contributed by atoms with van der Waals surface area (Å²) in [4.78, 5) is 18.5. The molecule has 1 saturated heterocycles. The van der Waals surface area contributed by atoms with Crippen molar-refractivity contribution in [2.45, 2.75) is 19.8 Å². The fraction of sp³-hybridized carbons (Fsp3) is 0.273. The van der Waals surface area contributed by atoms with Crippen LogP contribution in [0.15, 0.2) is 60.9 Å². The van der Waals surface area contributed by atoms with E-state index in [1.807, 2.05) is 12.1 Å². The highest BCUT2D eigenvalue weighted by Gasteiger charge is 2.15. The van der Waals surface area contributed by atoms with E-state index in [1.54, 1.807) is 30.5 Å².